The van der Waals surface area contributed by atoms with E-state index in [0.717, 1.165) is 11.1 Å². The molecule has 1 saturated heterocycles. The highest BCUT2D eigenvalue weighted by atomic mass is 19.3. The third-order valence-corrected chi connectivity index (χ3v) is 6.86. The van der Waals surface area contributed by atoms with Crippen LogP contribution in [0.3, 0.4) is 0 Å². The molecule has 3 heterocycles. The van der Waals surface area contributed by atoms with E-state index in [-0.39, 0.29) is 19.0 Å². The van der Waals surface area contributed by atoms with Crippen LogP contribution in [0.4, 0.5) is 22.0 Å². The highest BCUT2D eigenvalue weighted by Crippen LogP contribution is 2.37. The molecule has 206 valence electrons. The van der Waals surface area contributed by atoms with E-state index in [1.807, 2.05) is 6.92 Å². The number of benzene rings is 1. The molecule has 2 bridgehead atoms. The minimum absolute atomic E-state index is 0.0182. The summed E-state index contributed by atoms with van der Waals surface area (Å²) in [5, 5.41) is 3.65. The molecule has 8 nitrogen and oxygen atoms in total. The summed E-state index contributed by atoms with van der Waals surface area (Å²) in [6.45, 7) is 3.71. The van der Waals surface area contributed by atoms with Gasteiger partial charge in [-0.25, -0.2) is 22.0 Å². The Kier molecular flexibility index (Phi) is 7.39. The number of carbonyl (C=O) groups excluding carboxylic acids is 2. The van der Waals surface area contributed by atoms with Gasteiger partial charge in [0.1, 0.15) is 29.7 Å². The number of carbonyl (C=O) groups is 2. The second-order valence-corrected chi connectivity index (χ2v) is 9.47. The van der Waals surface area contributed by atoms with Crippen LogP contribution < -0.4 is 20.5 Å². The number of rotatable bonds is 7. The van der Waals surface area contributed by atoms with Crippen LogP contribution in [0.1, 0.15) is 66.4 Å². The monoisotopic (exact) mass is 542 g/mol. The van der Waals surface area contributed by atoms with Gasteiger partial charge < -0.3 is 15.0 Å². The average molecular weight is 543 g/mol. The lowest BCUT2D eigenvalue weighted by molar-refractivity contribution is -0.0653. The van der Waals surface area contributed by atoms with Crippen molar-refractivity contribution >= 4 is 11.8 Å². The molecule has 4 rings (SSSR count). The van der Waals surface area contributed by atoms with E-state index in [9.17, 15) is 36.3 Å². The normalized spacial score (nSPS) is 20.2. The number of hydrogen-bond donors (Lipinski definition) is 1. The summed E-state index contributed by atoms with van der Waals surface area (Å²) in [7, 11) is 0. The molecule has 1 N–H and O–H groups in total. The highest BCUT2D eigenvalue weighted by Gasteiger charge is 2.51. The summed E-state index contributed by atoms with van der Waals surface area (Å²) in [6, 6.07) is -1.37. The van der Waals surface area contributed by atoms with E-state index in [1.165, 1.54) is 23.5 Å². The molecule has 0 saturated carbocycles. The number of nitrogens with zero attached hydrogens (tertiary/aromatic N) is 3. The van der Waals surface area contributed by atoms with Crippen LogP contribution in [-0.2, 0) is 6.54 Å². The van der Waals surface area contributed by atoms with Crippen molar-refractivity contribution < 1.29 is 36.3 Å². The first-order valence-corrected chi connectivity index (χ1v) is 12.2. The molecule has 13 heteroatoms. The summed E-state index contributed by atoms with van der Waals surface area (Å²) in [4.78, 5) is 40.8. The van der Waals surface area contributed by atoms with Gasteiger partial charge in [0.2, 0.25) is 5.43 Å². The standard InChI is InChI=1S/C25H27F5N4O4/c1-4-5-6-38-22-20-24(37)32-12-34(13(2)9-25(29,30)14(32)3)33(20)11-17(21(22)35)23(36)31-10-16-18(27)7-15(26)8-19(16)28/h7-8,11,13-14H,4-6,9-10,12H2,1-3H3,(H,31,36)/t13-,14+/m1/s1. The Balaban J connectivity index is 1.78. The quantitative estimate of drug-likeness (QED) is 0.428. The van der Waals surface area contributed by atoms with E-state index in [0.29, 0.717) is 25.0 Å². The molecule has 2 aromatic rings. The Morgan fingerprint density at radius 2 is 1.82 bits per heavy atom. The molecule has 2 atom stereocenters. The van der Waals surface area contributed by atoms with Gasteiger partial charge in [-0.05, 0) is 20.3 Å². The van der Waals surface area contributed by atoms with Crippen molar-refractivity contribution in [1.29, 1.82) is 0 Å². The van der Waals surface area contributed by atoms with Crippen LogP contribution in [0.25, 0.3) is 0 Å². The topological polar surface area (TPSA) is 83.9 Å². The molecule has 2 aliphatic heterocycles. The van der Waals surface area contributed by atoms with E-state index in [1.54, 1.807) is 0 Å². The Morgan fingerprint density at radius 3 is 2.45 bits per heavy atom. The van der Waals surface area contributed by atoms with Gasteiger partial charge >= 0.3 is 0 Å². The number of fused-ring (bicyclic) bond motifs is 4. The van der Waals surface area contributed by atoms with Crippen LogP contribution in [0.2, 0.25) is 0 Å². The van der Waals surface area contributed by atoms with Gasteiger partial charge in [-0.15, -0.1) is 0 Å². The highest BCUT2D eigenvalue weighted by molar-refractivity contribution is 5.99. The van der Waals surface area contributed by atoms with E-state index in [2.05, 4.69) is 5.32 Å². The molecule has 1 fully saturated rings. The first-order chi connectivity index (χ1) is 17.9. The lowest BCUT2D eigenvalue weighted by atomic mass is 10.0. The van der Waals surface area contributed by atoms with E-state index >= 15 is 0 Å². The number of aromatic nitrogens is 1. The van der Waals surface area contributed by atoms with Crippen LogP contribution in [0, 0.1) is 17.5 Å². The fraction of sp³-hybridized carbons (Fsp3) is 0.480. The zero-order valence-corrected chi connectivity index (χ0v) is 21.0. The second kappa shape index (κ2) is 10.3. The molecule has 1 aromatic heterocycles. The maximum atomic E-state index is 14.9. The predicted octanol–water partition coefficient (Wildman–Crippen LogP) is 3.54. The lowest BCUT2D eigenvalue weighted by Gasteiger charge is -2.42. The number of unbranched alkanes of at least 4 members (excludes halogenated alkanes) is 1. The number of amides is 2. The van der Waals surface area contributed by atoms with Gasteiger partial charge in [0.05, 0.1) is 18.7 Å². The van der Waals surface area contributed by atoms with Crippen molar-refractivity contribution in [2.24, 2.45) is 0 Å². The first-order valence-electron chi connectivity index (χ1n) is 12.2. The van der Waals surface area contributed by atoms with Gasteiger partial charge in [0.25, 0.3) is 17.7 Å². The van der Waals surface area contributed by atoms with Crippen molar-refractivity contribution in [3.63, 3.8) is 0 Å². The molecule has 1 aromatic carbocycles. The van der Waals surface area contributed by atoms with Crippen LogP contribution in [0.5, 0.6) is 5.75 Å². The van der Waals surface area contributed by atoms with Gasteiger partial charge in [-0.3, -0.25) is 24.1 Å². The first kappa shape index (κ1) is 27.4. The van der Waals surface area contributed by atoms with Gasteiger partial charge in [0.15, 0.2) is 11.4 Å². The Morgan fingerprint density at radius 1 is 1.16 bits per heavy atom. The predicted molar refractivity (Wildman–Crippen MR) is 126 cm³/mol. The van der Waals surface area contributed by atoms with Crippen LogP contribution in [-0.4, -0.2) is 52.7 Å². The third-order valence-electron chi connectivity index (χ3n) is 6.86. The molecule has 2 aliphatic rings. The summed E-state index contributed by atoms with van der Waals surface area (Å²) >= 11 is 0. The maximum Gasteiger partial charge on any atom is 0.278 e. The minimum atomic E-state index is -3.22. The fourth-order valence-electron chi connectivity index (χ4n) is 4.57. The Hall–Kier alpha value is -3.64. The largest absolute Gasteiger partial charge is 0.487 e. The average Bonchev–Trinajstić information content (AvgIpc) is 2.91. The third kappa shape index (κ3) is 4.81. The number of hydrogen-bond acceptors (Lipinski definition) is 5. The molecule has 0 unspecified atom stereocenters. The molecule has 38 heavy (non-hydrogen) atoms. The number of pyridine rings is 1. The summed E-state index contributed by atoms with van der Waals surface area (Å²) in [5.41, 5.74) is -2.42. The summed E-state index contributed by atoms with van der Waals surface area (Å²) in [5.74, 6) is -9.20. The fourth-order valence-corrected chi connectivity index (χ4v) is 4.57. The van der Waals surface area contributed by atoms with Crippen molar-refractivity contribution in [3.05, 3.63) is 62.8 Å². The van der Waals surface area contributed by atoms with Crippen molar-refractivity contribution in [2.45, 2.75) is 64.6 Å². The minimum Gasteiger partial charge on any atom is -0.487 e. The Labute approximate surface area is 214 Å². The summed E-state index contributed by atoms with van der Waals surface area (Å²) < 4.78 is 77.8. The van der Waals surface area contributed by atoms with Crippen molar-refractivity contribution in [3.8, 4) is 5.75 Å². The Bertz CT molecular complexity index is 1310. The van der Waals surface area contributed by atoms with E-state index in [4.69, 9.17) is 4.74 Å². The maximum absolute atomic E-state index is 14.9. The second-order valence-electron chi connectivity index (χ2n) is 9.47. The van der Waals surface area contributed by atoms with Crippen molar-refractivity contribution in [1.82, 2.24) is 14.9 Å². The number of nitrogens with one attached hydrogen (secondary N) is 1. The van der Waals surface area contributed by atoms with Crippen molar-refractivity contribution in [2.75, 3.05) is 18.3 Å². The molecular formula is C25H27F5N4O4. The zero-order valence-electron chi connectivity index (χ0n) is 21.0. The molecule has 0 radical (unpaired) electrons. The SMILES string of the molecule is CCCCOc1c2n(cc(C(=O)NCc3c(F)cc(F)cc3F)c1=O)N1CN(C2=O)[C@@H](C)C(F)(F)C[C@H]1C. The summed E-state index contributed by atoms with van der Waals surface area (Å²) in [6.07, 6.45) is 1.63. The number of ether oxygens (including phenoxy) is 1. The molecule has 2 amide bonds. The lowest BCUT2D eigenvalue weighted by Crippen LogP contribution is -2.58. The van der Waals surface area contributed by atoms with Gasteiger partial charge in [-0.2, -0.15) is 0 Å². The molecule has 0 spiro atoms. The van der Waals surface area contributed by atoms with Gasteiger partial charge in [-0.1, -0.05) is 13.3 Å². The zero-order chi connectivity index (χ0) is 27.9. The molecule has 0 aliphatic carbocycles. The number of halogens is 5. The smallest absolute Gasteiger partial charge is 0.278 e. The van der Waals surface area contributed by atoms with Crippen LogP contribution in [0.15, 0.2) is 23.1 Å². The molecular weight excluding hydrogens is 515 g/mol. The van der Waals surface area contributed by atoms with Crippen LogP contribution >= 0.6 is 0 Å². The van der Waals surface area contributed by atoms with Gasteiger partial charge in [0, 0.05) is 36.9 Å². The number of alkyl halides is 2. The van der Waals surface area contributed by atoms with E-state index < -0.39 is 82.5 Å².